The van der Waals surface area contributed by atoms with Gasteiger partial charge >= 0.3 is 0 Å². The Bertz CT molecular complexity index is 1070. The molecular formula is C20H16N4O2S. The maximum absolute atomic E-state index is 13.2. The first kappa shape index (κ1) is 17.1. The van der Waals surface area contributed by atoms with Gasteiger partial charge in [-0.2, -0.15) is 0 Å². The summed E-state index contributed by atoms with van der Waals surface area (Å²) in [5.41, 5.74) is 2.97. The van der Waals surface area contributed by atoms with Crippen LogP contribution in [0.5, 0.6) is 0 Å². The number of aryl methyl sites for hydroxylation is 2. The fraction of sp³-hybridized carbons (Fsp3) is 0.100. The number of aromatic nitrogens is 3. The van der Waals surface area contributed by atoms with Crippen molar-refractivity contribution in [2.24, 2.45) is 0 Å². The quantitative estimate of drug-likeness (QED) is 0.512. The average Bonchev–Trinajstić information content (AvgIpc) is 3.31. The van der Waals surface area contributed by atoms with E-state index < -0.39 is 0 Å². The zero-order valence-corrected chi connectivity index (χ0v) is 15.6. The van der Waals surface area contributed by atoms with Crippen molar-refractivity contribution in [3.05, 3.63) is 77.1 Å². The first-order chi connectivity index (χ1) is 13.1. The van der Waals surface area contributed by atoms with E-state index in [1.165, 1.54) is 11.3 Å². The Hall–Kier alpha value is -3.32. The number of carbonyl (C=O) groups is 1. The number of carbonyl (C=O) groups excluding carboxylic acids is 1. The molecule has 4 aromatic rings. The first-order valence-electron chi connectivity index (χ1n) is 8.34. The lowest BCUT2D eigenvalue weighted by molar-refractivity contribution is 0.0999. The van der Waals surface area contributed by atoms with Crippen molar-refractivity contribution in [2.75, 3.05) is 4.90 Å². The molecule has 2 aromatic carbocycles. The van der Waals surface area contributed by atoms with Gasteiger partial charge in [0.25, 0.3) is 5.91 Å². The molecule has 2 heterocycles. The highest BCUT2D eigenvalue weighted by Gasteiger charge is 2.22. The van der Waals surface area contributed by atoms with Gasteiger partial charge in [0, 0.05) is 23.4 Å². The van der Waals surface area contributed by atoms with E-state index in [2.05, 4.69) is 15.2 Å². The average molecular weight is 376 g/mol. The molecule has 2 aromatic heterocycles. The van der Waals surface area contributed by atoms with Crippen LogP contribution in [-0.4, -0.2) is 21.1 Å². The molecule has 0 unspecified atom stereocenters. The summed E-state index contributed by atoms with van der Waals surface area (Å²) in [6.45, 7) is 3.65. The number of anilines is 2. The van der Waals surface area contributed by atoms with Crippen molar-refractivity contribution in [3.8, 4) is 11.5 Å². The van der Waals surface area contributed by atoms with Crippen molar-refractivity contribution >= 4 is 28.1 Å². The fourth-order valence-electron chi connectivity index (χ4n) is 2.63. The predicted octanol–water partition coefficient (Wildman–Crippen LogP) is 4.79. The van der Waals surface area contributed by atoms with Crippen LogP contribution in [0.4, 0.5) is 10.8 Å². The van der Waals surface area contributed by atoms with Crippen molar-refractivity contribution < 1.29 is 9.21 Å². The number of hydrogen-bond acceptors (Lipinski definition) is 6. The molecule has 7 heteroatoms. The molecule has 0 bridgehead atoms. The molecule has 27 heavy (non-hydrogen) atoms. The van der Waals surface area contributed by atoms with Crippen LogP contribution in [0.3, 0.4) is 0 Å². The Labute approximate surface area is 160 Å². The van der Waals surface area contributed by atoms with Crippen LogP contribution < -0.4 is 4.90 Å². The summed E-state index contributed by atoms with van der Waals surface area (Å²) in [5.74, 6) is 0.783. The highest BCUT2D eigenvalue weighted by atomic mass is 32.1. The number of rotatable bonds is 4. The normalized spacial score (nSPS) is 10.7. The van der Waals surface area contributed by atoms with Crippen LogP contribution in [0.25, 0.3) is 11.5 Å². The first-order valence-corrected chi connectivity index (χ1v) is 9.22. The second-order valence-corrected chi connectivity index (χ2v) is 6.79. The van der Waals surface area contributed by atoms with Gasteiger partial charge in [-0.15, -0.1) is 21.5 Å². The Kier molecular flexibility index (Phi) is 4.52. The predicted molar refractivity (Wildman–Crippen MR) is 104 cm³/mol. The monoisotopic (exact) mass is 376 g/mol. The number of hydrogen-bond donors (Lipinski definition) is 0. The highest BCUT2D eigenvalue weighted by Crippen LogP contribution is 2.30. The molecule has 1 amide bonds. The lowest BCUT2D eigenvalue weighted by atomic mass is 10.1. The molecule has 0 N–H and O–H groups in total. The summed E-state index contributed by atoms with van der Waals surface area (Å²) >= 11 is 1.44. The summed E-state index contributed by atoms with van der Waals surface area (Å²) in [4.78, 5) is 19.4. The molecule has 0 aliphatic rings. The van der Waals surface area contributed by atoms with E-state index in [1.54, 1.807) is 36.1 Å². The Morgan fingerprint density at radius 1 is 1.00 bits per heavy atom. The number of benzene rings is 2. The molecule has 0 saturated heterocycles. The van der Waals surface area contributed by atoms with Gasteiger partial charge in [-0.05, 0) is 43.3 Å². The number of amides is 1. The third kappa shape index (κ3) is 3.50. The standard InChI is InChI=1S/C20H16N4O2S/c1-13-12-27-20(21-13)24(17-6-4-3-5-7-17)19(25)16-10-8-15(9-11-16)18-23-22-14(2)26-18/h3-12H,1-2H3. The smallest absolute Gasteiger partial charge is 0.264 e. The SMILES string of the molecule is Cc1csc(N(C(=O)c2ccc(-c3nnc(C)o3)cc2)c2ccccc2)n1. The molecule has 4 rings (SSSR count). The number of thiazole rings is 1. The van der Waals surface area contributed by atoms with E-state index in [-0.39, 0.29) is 5.91 Å². The Balaban J connectivity index is 1.69. The Morgan fingerprint density at radius 3 is 2.33 bits per heavy atom. The van der Waals surface area contributed by atoms with Gasteiger partial charge in [0.1, 0.15) is 0 Å². The van der Waals surface area contributed by atoms with E-state index in [9.17, 15) is 4.79 Å². The summed E-state index contributed by atoms with van der Waals surface area (Å²) in [7, 11) is 0. The molecule has 0 atom stereocenters. The van der Waals surface area contributed by atoms with Gasteiger partial charge in [-0.1, -0.05) is 18.2 Å². The lowest BCUT2D eigenvalue weighted by Gasteiger charge is -2.20. The van der Waals surface area contributed by atoms with Gasteiger partial charge in [-0.25, -0.2) is 4.98 Å². The zero-order chi connectivity index (χ0) is 18.8. The second kappa shape index (κ2) is 7.13. The van der Waals surface area contributed by atoms with E-state index in [0.29, 0.717) is 22.5 Å². The second-order valence-electron chi connectivity index (χ2n) is 5.95. The molecule has 0 aliphatic carbocycles. The summed E-state index contributed by atoms with van der Waals surface area (Å²) < 4.78 is 5.43. The molecule has 0 fully saturated rings. The highest BCUT2D eigenvalue weighted by molar-refractivity contribution is 7.14. The number of para-hydroxylation sites is 1. The minimum atomic E-state index is -0.149. The molecule has 0 radical (unpaired) electrons. The molecule has 6 nitrogen and oxygen atoms in total. The van der Waals surface area contributed by atoms with Crippen molar-refractivity contribution in [1.29, 1.82) is 0 Å². The van der Waals surface area contributed by atoms with Gasteiger partial charge in [0.05, 0.1) is 11.4 Å². The maximum Gasteiger partial charge on any atom is 0.264 e. The molecule has 134 valence electrons. The van der Waals surface area contributed by atoms with Gasteiger partial charge in [0.15, 0.2) is 5.13 Å². The van der Waals surface area contributed by atoms with Crippen LogP contribution in [0.1, 0.15) is 21.9 Å². The fourth-order valence-corrected chi connectivity index (χ4v) is 3.45. The van der Waals surface area contributed by atoms with Gasteiger partial charge in [-0.3, -0.25) is 9.69 Å². The minimum Gasteiger partial charge on any atom is -0.421 e. The van der Waals surface area contributed by atoms with Crippen LogP contribution in [0.2, 0.25) is 0 Å². The molecule has 0 spiro atoms. The summed E-state index contributed by atoms with van der Waals surface area (Å²) in [6, 6.07) is 16.6. The summed E-state index contributed by atoms with van der Waals surface area (Å²) in [5, 5.41) is 10.4. The molecular weight excluding hydrogens is 360 g/mol. The Morgan fingerprint density at radius 2 is 1.74 bits per heavy atom. The third-order valence-electron chi connectivity index (χ3n) is 3.92. The van der Waals surface area contributed by atoms with Crippen LogP contribution in [-0.2, 0) is 0 Å². The van der Waals surface area contributed by atoms with Gasteiger partial charge in [0.2, 0.25) is 11.8 Å². The van der Waals surface area contributed by atoms with E-state index in [4.69, 9.17) is 4.42 Å². The van der Waals surface area contributed by atoms with Gasteiger partial charge < -0.3 is 4.42 Å². The maximum atomic E-state index is 13.2. The molecule has 0 aliphatic heterocycles. The minimum absolute atomic E-state index is 0.149. The van der Waals surface area contributed by atoms with E-state index in [0.717, 1.165) is 16.9 Å². The van der Waals surface area contributed by atoms with Crippen molar-refractivity contribution in [1.82, 2.24) is 15.2 Å². The van der Waals surface area contributed by atoms with E-state index in [1.807, 2.05) is 42.6 Å². The zero-order valence-electron chi connectivity index (χ0n) is 14.8. The summed E-state index contributed by atoms with van der Waals surface area (Å²) in [6.07, 6.45) is 0. The van der Waals surface area contributed by atoms with Crippen molar-refractivity contribution in [3.63, 3.8) is 0 Å². The topological polar surface area (TPSA) is 72.1 Å². The number of nitrogens with zero attached hydrogens (tertiary/aromatic N) is 4. The van der Waals surface area contributed by atoms with Crippen LogP contribution in [0, 0.1) is 13.8 Å². The third-order valence-corrected chi connectivity index (χ3v) is 4.86. The van der Waals surface area contributed by atoms with Crippen molar-refractivity contribution in [2.45, 2.75) is 13.8 Å². The largest absolute Gasteiger partial charge is 0.421 e. The molecule has 0 saturated carbocycles. The lowest BCUT2D eigenvalue weighted by Crippen LogP contribution is -2.25. The van der Waals surface area contributed by atoms with E-state index >= 15 is 0 Å². The van der Waals surface area contributed by atoms with Crippen LogP contribution in [0.15, 0.2) is 64.4 Å². The van der Waals surface area contributed by atoms with Crippen LogP contribution >= 0.6 is 11.3 Å².